The third kappa shape index (κ3) is 5.46. The molecule has 0 saturated carbocycles. The summed E-state index contributed by atoms with van der Waals surface area (Å²) in [5.41, 5.74) is 3.85. The van der Waals surface area contributed by atoms with Gasteiger partial charge in [0, 0.05) is 44.8 Å². The second-order valence-corrected chi connectivity index (χ2v) is 8.87. The highest BCUT2D eigenvalue weighted by Crippen LogP contribution is 2.30. The first-order valence-corrected chi connectivity index (χ1v) is 11.8. The van der Waals surface area contributed by atoms with Crippen LogP contribution >= 0.6 is 0 Å². The van der Waals surface area contributed by atoms with Crippen molar-refractivity contribution in [1.82, 2.24) is 10.2 Å². The molecule has 2 heterocycles. The van der Waals surface area contributed by atoms with Crippen LogP contribution in [0, 0.1) is 19.8 Å². The van der Waals surface area contributed by atoms with Crippen molar-refractivity contribution in [3.8, 4) is 0 Å². The van der Waals surface area contributed by atoms with Gasteiger partial charge in [-0.05, 0) is 43.2 Å². The molecule has 0 unspecified atom stereocenters. The van der Waals surface area contributed by atoms with Crippen molar-refractivity contribution >= 4 is 29.1 Å². The fourth-order valence-corrected chi connectivity index (χ4v) is 4.42. The monoisotopic (exact) mass is 464 g/mol. The molecule has 8 nitrogen and oxygen atoms in total. The molecule has 1 atom stereocenters. The Morgan fingerprint density at radius 2 is 1.82 bits per heavy atom. The number of amides is 3. The molecule has 180 valence electrons. The van der Waals surface area contributed by atoms with Gasteiger partial charge >= 0.3 is 0 Å². The Bertz CT molecular complexity index is 1060. The molecular formula is C26H32N4O4. The van der Waals surface area contributed by atoms with E-state index in [1.807, 2.05) is 32.0 Å². The van der Waals surface area contributed by atoms with Crippen molar-refractivity contribution in [3.63, 3.8) is 0 Å². The Morgan fingerprint density at radius 1 is 1.06 bits per heavy atom. The zero-order valence-corrected chi connectivity index (χ0v) is 19.8. The second-order valence-electron chi connectivity index (χ2n) is 8.87. The minimum absolute atomic E-state index is 0.0667. The maximum atomic E-state index is 13.0. The summed E-state index contributed by atoms with van der Waals surface area (Å²) < 4.78 is 5.35. The summed E-state index contributed by atoms with van der Waals surface area (Å²) in [6.45, 7) is 8.74. The highest BCUT2D eigenvalue weighted by molar-refractivity contribution is 6.07. The van der Waals surface area contributed by atoms with Gasteiger partial charge in [-0.1, -0.05) is 24.3 Å². The molecule has 0 bridgehead atoms. The molecular weight excluding hydrogens is 432 g/mol. The molecule has 2 aliphatic rings. The minimum Gasteiger partial charge on any atom is -0.379 e. The van der Waals surface area contributed by atoms with Gasteiger partial charge in [0.1, 0.15) is 0 Å². The summed E-state index contributed by atoms with van der Waals surface area (Å²) in [6, 6.07) is 12.8. The van der Waals surface area contributed by atoms with Crippen molar-refractivity contribution in [1.29, 1.82) is 0 Å². The van der Waals surface area contributed by atoms with Crippen LogP contribution in [0.25, 0.3) is 0 Å². The van der Waals surface area contributed by atoms with Crippen LogP contribution in [0.4, 0.5) is 11.4 Å². The summed E-state index contributed by atoms with van der Waals surface area (Å²) in [6.07, 6.45) is 0.146. The van der Waals surface area contributed by atoms with Crippen molar-refractivity contribution in [2.45, 2.75) is 20.3 Å². The number of para-hydroxylation sites is 1. The first-order chi connectivity index (χ1) is 16.4. The molecule has 2 N–H and O–H groups in total. The predicted molar refractivity (Wildman–Crippen MR) is 131 cm³/mol. The van der Waals surface area contributed by atoms with Crippen molar-refractivity contribution in [3.05, 3.63) is 59.2 Å². The number of anilines is 2. The number of morpholine rings is 1. The largest absolute Gasteiger partial charge is 0.379 e. The van der Waals surface area contributed by atoms with E-state index in [-0.39, 0.29) is 24.1 Å². The van der Waals surface area contributed by atoms with Gasteiger partial charge in [-0.15, -0.1) is 0 Å². The third-order valence-corrected chi connectivity index (χ3v) is 6.61. The average molecular weight is 465 g/mol. The molecule has 2 saturated heterocycles. The topological polar surface area (TPSA) is 91.0 Å². The number of benzene rings is 2. The summed E-state index contributed by atoms with van der Waals surface area (Å²) in [4.78, 5) is 42.5. The van der Waals surface area contributed by atoms with Gasteiger partial charge in [-0.2, -0.15) is 0 Å². The van der Waals surface area contributed by atoms with E-state index in [0.717, 1.165) is 36.4 Å². The van der Waals surface area contributed by atoms with E-state index in [0.29, 0.717) is 37.6 Å². The molecule has 2 aromatic carbocycles. The van der Waals surface area contributed by atoms with Gasteiger partial charge in [-0.25, -0.2) is 0 Å². The zero-order valence-electron chi connectivity index (χ0n) is 19.8. The standard InChI is InChI=1S/C26H32N4O4/c1-18-6-5-9-23(19(18)2)30-17-20(16-24(30)31)25(32)28-22-8-4-3-7-21(22)26(33)27-10-11-29-12-14-34-15-13-29/h3-9,20H,10-17H2,1-2H3,(H,27,33)(H,28,32)/t20-/m0/s1. The number of hydrogen-bond donors (Lipinski definition) is 2. The van der Waals surface area contributed by atoms with Crippen LogP contribution in [0.15, 0.2) is 42.5 Å². The lowest BCUT2D eigenvalue weighted by Gasteiger charge is -2.26. The molecule has 3 amide bonds. The normalized spacial score (nSPS) is 18.7. The van der Waals surface area contributed by atoms with E-state index >= 15 is 0 Å². The lowest BCUT2D eigenvalue weighted by Crippen LogP contribution is -2.41. The number of carbonyl (C=O) groups excluding carboxylic acids is 3. The van der Waals surface area contributed by atoms with Crippen molar-refractivity contribution < 1.29 is 19.1 Å². The number of ether oxygens (including phenoxy) is 1. The molecule has 8 heteroatoms. The van der Waals surface area contributed by atoms with E-state index in [1.54, 1.807) is 29.2 Å². The van der Waals surface area contributed by atoms with Gasteiger partial charge in [0.2, 0.25) is 11.8 Å². The SMILES string of the molecule is Cc1cccc(N2C[C@@H](C(=O)Nc3ccccc3C(=O)NCCN3CCOCC3)CC2=O)c1C. The van der Waals surface area contributed by atoms with Crippen LogP contribution in [0.3, 0.4) is 0 Å². The van der Waals surface area contributed by atoms with Crippen LogP contribution in [-0.4, -0.2) is 68.6 Å². The Kier molecular flexibility index (Phi) is 7.59. The third-order valence-electron chi connectivity index (χ3n) is 6.61. The lowest BCUT2D eigenvalue weighted by atomic mass is 10.1. The van der Waals surface area contributed by atoms with Gasteiger partial charge in [0.05, 0.1) is 30.4 Å². The summed E-state index contributed by atoms with van der Waals surface area (Å²) >= 11 is 0. The molecule has 34 heavy (non-hydrogen) atoms. The lowest BCUT2D eigenvalue weighted by molar-refractivity contribution is -0.122. The minimum atomic E-state index is -0.482. The first kappa shape index (κ1) is 23.9. The van der Waals surface area contributed by atoms with Crippen LogP contribution in [0.1, 0.15) is 27.9 Å². The van der Waals surface area contributed by atoms with Gasteiger partial charge in [0.25, 0.3) is 5.91 Å². The number of aryl methyl sites for hydroxylation is 1. The molecule has 0 spiro atoms. The highest BCUT2D eigenvalue weighted by Gasteiger charge is 2.36. The first-order valence-electron chi connectivity index (χ1n) is 11.8. The Morgan fingerprint density at radius 3 is 2.62 bits per heavy atom. The van der Waals surface area contributed by atoms with Crippen LogP contribution in [0.2, 0.25) is 0 Å². The van der Waals surface area contributed by atoms with Gasteiger partial charge < -0.3 is 20.3 Å². The smallest absolute Gasteiger partial charge is 0.253 e. The van der Waals surface area contributed by atoms with E-state index < -0.39 is 5.92 Å². The fraction of sp³-hybridized carbons (Fsp3) is 0.423. The van der Waals surface area contributed by atoms with Crippen LogP contribution in [-0.2, 0) is 14.3 Å². The van der Waals surface area contributed by atoms with Gasteiger partial charge in [0.15, 0.2) is 0 Å². The van der Waals surface area contributed by atoms with Crippen LogP contribution < -0.4 is 15.5 Å². The zero-order chi connectivity index (χ0) is 24.1. The molecule has 0 aromatic heterocycles. The molecule has 2 aromatic rings. The Labute approximate surface area is 200 Å². The number of hydrogen-bond acceptors (Lipinski definition) is 5. The Hall–Kier alpha value is -3.23. The predicted octanol–water partition coefficient (Wildman–Crippen LogP) is 2.36. The van der Waals surface area contributed by atoms with E-state index in [9.17, 15) is 14.4 Å². The number of carbonyl (C=O) groups is 3. The van der Waals surface area contributed by atoms with E-state index in [1.165, 1.54) is 0 Å². The van der Waals surface area contributed by atoms with E-state index in [2.05, 4.69) is 15.5 Å². The maximum absolute atomic E-state index is 13.0. The maximum Gasteiger partial charge on any atom is 0.253 e. The molecule has 0 aliphatic carbocycles. The molecule has 2 aliphatic heterocycles. The summed E-state index contributed by atoms with van der Waals surface area (Å²) in [5, 5.41) is 5.83. The molecule has 2 fully saturated rings. The quantitative estimate of drug-likeness (QED) is 0.657. The van der Waals surface area contributed by atoms with Crippen molar-refractivity contribution in [2.24, 2.45) is 5.92 Å². The molecule has 4 rings (SSSR count). The van der Waals surface area contributed by atoms with Crippen molar-refractivity contribution in [2.75, 3.05) is 56.2 Å². The number of nitrogens with zero attached hydrogens (tertiary/aromatic N) is 2. The summed E-state index contributed by atoms with van der Waals surface area (Å²) in [7, 11) is 0. The summed E-state index contributed by atoms with van der Waals surface area (Å²) in [5.74, 6) is -1.04. The second kappa shape index (κ2) is 10.8. The fourth-order valence-electron chi connectivity index (χ4n) is 4.42. The average Bonchev–Trinajstić information content (AvgIpc) is 3.23. The Balaban J connectivity index is 1.37. The van der Waals surface area contributed by atoms with Crippen LogP contribution in [0.5, 0.6) is 0 Å². The molecule has 0 radical (unpaired) electrons. The number of rotatable bonds is 7. The highest BCUT2D eigenvalue weighted by atomic mass is 16.5. The van der Waals surface area contributed by atoms with E-state index in [4.69, 9.17) is 4.74 Å². The number of nitrogens with one attached hydrogen (secondary N) is 2. The van der Waals surface area contributed by atoms with Gasteiger partial charge in [-0.3, -0.25) is 19.3 Å².